The fourth-order valence-corrected chi connectivity index (χ4v) is 0.898. The summed E-state index contributed by atoms with van der Waals surface area (Å²) in [4.78, 5) is 26.4. The molecule has 114 valence electrons. The van der Waals surface area contributed by atoms with Crippen molar-refractivity contribution in [1.82, 2.24) is 0 Å². The Hall–Kier alpha value is -0.800. The van der Waals surface area contributed by atoms with Crippen LogP contribution in [0.5, 0.6) is 0 Å². The third kappa shape index (κ3) is 19.7. The minimum Gasteiger partial charge on any atom is -0.462 e. The number of rotatable bonds is 8. The van der Waals surface area contributed by atoms with Crippen LogP contribution in [0.15, 0.2) is 12.7 Å². The van der Waals surface area contributed by atoms with Gasteiger partial charge in [0.1, 0.15) is 6.10 Å². The predicted octanol–water partition coefficient (Wildman–Crippen LogP) is -1.45. The molecule has 0 rings (SSSR count). The van der Waals surface area contributed by atoms with E-state index >= 15 is 0 Å². The van der Waals surface area contributed by atoms with Crippen LogP contribution in [-0.4, -0.2) is 63.6 Å². The lowest BCUT2D eigenvalue weighted by atomic mass is 10.4. The number of carbonyl (C=O) groups is 1. The lowest BCUT2D eigenvalue weighted by Gasteiger charge is -2.07. The number of phosphoric ester groups is 1. The Balaban J connectivity index is 0. The van der Waals surface area contributed by atoms with Gasteiger partial charge in [0.05, 0.1) is 19.8 Å². The average Bonchev–Trinajstić information content (AvgIpc) is 2.35. The van der Waals surface area contributed by atoms with Gasteiger partial charge in [0.15, 0.2) is 0 Å². The first-order valence-electron chi connectivity index (χ1n) is 5.15. The van der Waals surface area contributed by atoms with Crippen molar-refractivity contribution in [3.63, 3.8) is 0 Å². The smallest absolute Gasteiger partial charge is 0.462 e. The second-order valence-electron chi connectivity index (χ2n) is 3.07. The summed E-state index contributed by atoms with van der Waals surface area (Å²) in [6, 6.07) is 0. The summed E-state index contributed by atoms with van der Waals surface area (Å²) < 4.78 is 18.3. The first-order chi connectivity index (χ1) is 8.76. The Morgan fingerprint density at radius 2 is 1.95 bits per heavy atom. The molecular weight excluding hydrogens is 283 g/mol. The zero-order valence-corrected chi connectivity index (χ0v) is 11.1. The van der Waals surface area contributed by atoms with Crippen LogP contribution in [0.1, 0.15) is 6.42 Å². The molecule has 0 radical (unpaired) electrons. The average molecular weight is 302 g/mol. The van der Waals surface area contributed by atoms with Gasteiger partial charge in [0.2, 0.25) is 0 Å². The van der Waals surface area contributed by atoms with Crippen LogP contribution in [0, 0.1) is 0 Å². The van der Waals surface area contributed by atoms with E-state index in [0.29, 0.717) is 6.42 Å². The monoisotopic (exact) mass is 302 g/mol. The van der Waals surface area contributed by atoms with E-state index in [0.717, 1.165) is 6.08 Å². The quantitative estimate of drug-likeness (QED) is 0.157. The maximum absolute atomic E-state index is 10.3. The molecule has 0 saturated heterocycles. The summed E-state index contributed by atoms with van der Waals surface area (Å²) in [5.74, 6) is -0.441. The third-order valence-corrected chi connectivity index (χ3v) is 1.84. The topological polar surface area (TPSA) is 154 Å². The van der Waals surface area contributed by atoms with Crippen LogP contribution < -0.4 is 0 Å². The van der Waals surface area contributed by atoms with E-state index in [1.807, 2.05) is 0 Å². The minimum absolute atomic E-state index is 0.0461. The molecule has 5 N–H and O–H groups in total. The van der Waals surface area contributed by atoms with E-state index in [2.05, 4.69) is 15.8 Å². The molecule has 19 heavy (non-hydrogen) atoms. The number of hydrogen-bond donors (Lipinski definition) is 5. The van der Waals surface area contributed by atoms with E-state index in [1.165, 1.54) is 0 Å². The van der Waals surface area contributed by atoms with Gasteiger partial charge >= 0.3 is 13.8 Å². The number of carbonyl (C=O) groups excluding carboxylic acids is 1. The highest BCUT2D eigenvalue weighted by Gasteiger charge is 2.15. The lowest BCUT2D eigenvalue weighted by Crippen LogP contribution is -2.18. The van der Waals surface area contributed by atoms with Crippen LogP contribution in [0.3, 0.4) is 0 Å². The van der Waals surface area contributed by atoms with Crippen LogP contribution in [0.4, 0.5) is 0 Å². The van der Waals surface area contributed by atoms with Crippen molar-refractivity contribution >= 4 is 13.8 Å². The summed E-state index contributed by atoms with van der Waals surface area (Å²) >= 11 is 0. The van der Waals surface area contributed by atoms with Gasteiger partial charge in [0.25, 0.3) is 0 Å². The van der Waals surface area contributed by atoms with E-state index in [9.17, 15) is 9.36 Å². The molecule has 0 saturated carbocycles. The number of aliphatic hydroxyl groups excluding tert-OH is 3. The fraction of sp³-hybridized carbons (Fsp3) is 0.667. The minimum atomic E-state index is -4.50. The summed E-state index contributed by atoms with van der Waals surface area (Å²) in [7, 11) is -4.50. The van der Waals surface area contributed by atoms with Crippen molar-refractivity contribution in [1.29, 1.82) is 0 Å². The molecule has 0 fully saturated rings. The van der Waals surface area contributed by atoms with Gasteiger partial charge in [-0.15, -0.1) is 0 Å². The zero-order valence-electron chi connectivity index (χ0n) is 10.2. The third-order valence-electron chi connectivity index (χ3n) is 1.36. The second-order valence-corrected chi connectivity index (χ2v) is 4.31. The predicted molar refractivity (Wildman–Crippen MR) is 63.9 cm³/mol. The first kappa shape index (κ1) is 20.5. The lowest BCUT2D eigenvalue weighted by molar-refractivity contribution is -0.137. The Kier molecular flexibility index (Phi) is 13.2. The van der Waals surface area contributed by atoms with Crippen LogP contribution in [0.25, 0.3) is 0 Å². The van der Waals surface area contributed by atoms with Gasteiger partial charge in [0, 0.05) is 19.1 Å². The van der Waals surface area contributed by atoms with E-state index in [-0.39, 0.29) is 13.2 Å². The molecule has 0 bridgehead atoms. The number of hydrogen-bond acceptors (Lipinski definition) is 7. The summed E-state index contributed by atoms with van der Waals surface area (Å²) in [5, 5.41) is 24.9. The fourth-order valence-electron chi connectivity index (χ4n) is 0.532. The molecule has 0 aromatic rings. The molecule has 0 amide bonds. The molecule has 0 aromatic carbocycles. The standard InChI is InChI=1S/C6H10O3.C3H9O6P/c1-2-6(8)9-5-3-4-7;4-1-3(5)2-9-10(6,7)8/h2,7H,1,3-5H2;3-5H,1-2H2,(H2,6,7,8). The number of phosphoric acid groups is 1. The van der Waals surface area contributed by atoms with Crippen LogP contribution >= 0.6 is 7.82 Å². The number of aliphatic hydroxyl groups is 3. The molecule has 0 heterocycles. The van der Waals surface area contributed by atoms with Crippen LogP contribution in [-0.2, 0) is 18.6 Å². The molecule has 0 aliphatic carbocycles. The van der Waals surface area contributed by atoms with E-state index in [1.54, 1.807) is 0 Å². The number of ether oxygens (including phenoxy) is 1. The van der Waals surface area contributed by atoms with Gasteiger partial charge in [-0.25, -0.2) is 9.36 Å². The Morgan fingerprint density at radius 3 is 2.32 bits per heavy atom. The Labute approximate surface area is 110 Å². The van der Waals surface area contributed by atoms with Crippen molar-refractivity contribution in [2.75, 3.05) is 26.4 Å². The van der Waals surface area contributed by atoms with Crippen molar-refractivity contribution in [2.24, 2.45) is 0 Å². The van der Waals surface area contributed by atoms with E-state index < -0.39 is 33.1 Å². The second kappa shape index (κ2) is 12.2. The molecule has 0 aliphatic heterocycles. The maximum Gasteiger partial charge on any atom is 0.469 e. The zero-order chi connectivity index (χ0) is 15.3. The van der Waals surface area contributed by atoms with Crippen molar-refractivity contribution in [3.05, 3.63) is 12.7 Å². The highest BCUT2D eigenvalue weighted by atomic mass is 31.2. The largest absolute Gasteiger partial charge is 0.469 e. The van der Waals surface area contributed by atoms with Crippen molar-refractivity contribution in [3.8, 4) is 0 Å². The molecule has 0 spiro atoms. The van der Waals surface area contributed by atoms with Crippen molar-refractivity contribution < 1.29 is 43.7 Å². The molecular formula is C9H19O9P. The van der Waals surface area contributed by atoms with Gasteiger partial charge < -0.3 is 29.8 Å². The number of esters is 1. The van der Waals surface area contributed by atoms with Crippen molar-refractivity contribution in [2.45, 2.75) is 12.5 Å². The molecule has 0 aliphatic rings. The van der Waals surface area contributed by atoms with Gasteiger partial charge in [-0.3, -0.25) is 4.52 Å². The van der Waals surface area contributed by atoms with E-state index in [4.69, 9.17) is 25.1 Å². The molecule has 10 heteroatoms. The summed E-state index contributed by atoms with van der Waals surface area (Å²) in [5.41, 5.74) is 0. The molecule has 0 aromatic heterocycles. The summed E-state index contributed by atoms with van der Waals surface area (Å²) in [6.45, 7) is 2.36. The molecule has 9 nitrogen and oxygen atoms in total. The first-order valence-corrected chi connectivity index (χ1v) is 6.69. The van der Waals surface area contributed by atoms with Gasteiger partial charge in [-0.05, 0) is 0 Å². The highest BCUT2D eigenvalue weighted by molar-refractivity contribution is 7.46. The summed E-state index contributed by atoms with van der Waals surface area (Å²) in [6.07, 6.45) is 0.337. The Morgan fingerprint density at radius 1 is 1.37 bits per heavy atom. The SMILES string of the molecule is C=CC(=O)OCCCO.O=P(O)(O)OCC(O)CO. The van der Waals surface area contributed by atoms with Gasteiger partial charge in [-0.2, -0.15) is 0 Å². The normalized spacial score (nSPS) is 12.1. The Bertz CT molecular complexity index is 287. The maximum atomic E-state index is 10.3. The highest BCUT2D eigenvalue weighted by Crippen LogP contribution is 2.35. The van der Waals surface area contributed by atoms with Gasteiger partial charge in [-0.1, -0.05) is 6.58 Å². The molecule has 1 unspecified atom stereocenters. The van der Waals surface area contributed by atoms with Crippen LogP contribution in [0.2, 0.25) is 0 Å². The molecule has 1 atom stereocenters.